The van der Waals surface area contributed by atoms with E-state index in [0.29, 0.717) is 5.56 Å². The summed E-state index contributed by atoms with van der Waals surface area (Å²) in [5, 5.41) is 8.83. The molecule has 7 heteroatoms. The Balaban J connectivity index is 2.50. The number of aromatic carboxylic acids is 1. The van der Waals surface area contributed by atoms with Crippen LogP contribution in [0.15, 0.2) is 36.5 Å². The first kappa shape index (κ1) is 15.8. The van der Waals surface area contributed by atoms with Gasteiger partial charge in [-0.25, -0.2) is 9.78 Å². The predicted octanol–water partition coefficient (Wildman–Crippen LogP) is 3.53. The summed E-state index contributed by atoms with van der Waals surface area (Å²) in [6.45, 7) is 0. The van der Waals surface area contributed by atoms with Crippen molar-refractivity contribution in [2.24, 2.45) is 0 Å². The van der Waals surface area contributed by atoms with E-state index >= 15 is 0 Å². The molecule has 0 aliphatic rings. The van der Waals surface area contributed by atoms with E-state index in [1.165, 1.54) is 49.5 Å². The first-order valence-electron chi connectivity index (χ1n) is 6.28. The number of alkyl halides is 3. The fourth-order valence-electron chi connectivity index (χ4n) is 1.99. The number of carboxylic acid groups (broad SMARTS) is 1. The molecule has 2 rings (SSSR count). The van der Waals surface area contributed by atoms with Gasteiger partial charge in [0.05, 0.1) is 11.1 Å². The minimum atomic E-state index is -4.52. The Morgan fingerprint density at radius 3 is 2.18 bits per heavy atom. The van der Waals surface area contributed by atoms with Gasteiger partial charge in [0.2, 0.25) is 0 Å². The Kier molecular flexibility index (Phi) is 4.07. The zero-order valence-electron chi connectivity index (χ0n) is 11.8. The summed E-state index contributed by atoms with van der Waals surface area (Å²) >= 11 is 0. The Bertz CT molecular complexity index is 695. The van der Waals surface area contributed by atoms with Gasteiger partial charge in [-0.05, 0) is 23.8 Å². The van der Waals surface area contributed by atoms with Gasteiger partial charge in [-0.2, -0.15) is 13.2 Å². The molecule has 22 heavy (non-hydrogen) atoms. The van der Waals surface area contributed by atoms with E-state index in [0.717, 1.165) is 6.07 Å². The monoisotopic (exact) mass is 310 g/mol. The number of hydrogen-bond donors (Lipinski definition) is 1. The normalized spacial score (nSPS) is 11.3. The number of rotatable bonds is 3. The molecule has 1 heterocycles. The van der Waals surface area contributed by atoms with Crippen molar-refractivity contribution in [2.75, 3.05) is 19.0 Å². The average Bonchev–Trinajstić information content (AvgIpc) is 2.45. The molecule has 0 aliphatic heterocycles. The number of nitrogens with zero attached hydrogens (tertiary/aromatic N) is 2. The average molecular weight is 310 g/mol. The maximum absolute atomic E-state index is 13.1. The lowest BCUT2D eigenvalue weighted by Gasteiger charge is -2.19. The van der Waals surface area contributed by atoms with E-state index in [4.69, 9.17) is 5.11 Å². The highest BCUT2D eigenvalue weighted by atomic mass is 19.4. The third-order valence-electron chi connectivity index (χ3n) is 3.06. The van der Waals surface area contributed by atoms with Gasteiger partial charge in [-0.3, -0.25) is 0 Å². The van der Waals surface area contributed by atoms with Crippen molar-refractivity contribution in [3.05, 3.63) is 47.7 Å². The maximum atomic E-state index is 13.1. The van der Waals surface area contributed by atoms with Crippen LogP contribution < -0.4 is 4.90 Å². The van der Waals surface area contributed by atoms with Crippen LogP contribution in [0.1, 0.15) is 15.9 Å². The lowest BCUT2D eigenvalue weighted by Crippen LogP contribution is -2.18. The molecule has 0 bridgehead atoms. The summed E-state index contributed by atoms with van der Waals surface area (Å²) in [5.74, 6) is -1.26. The number of halogens is 3. The largest absolute Gasteiger partial charge is 0.478 e. The second-order valence-electron chi connectivity index (χ2n) is 4.87. The van der Waals surface area contributed by atoms with Crippen LogP contribution in [0.3, 0.4) is 0 Å². The number of hydrogen-bond acceptors (Lipinski definition) is 3. The van der Waals surface area contributed by atoms with Crippen LogP contribution in [-0.4, -0.2) is 30.2 Å². The molecule has 0 atom stereocenters. The molecule has 116 valence electrons. The Morgan fingerprint density at radius 1 is 1.14 bits per heavy atom. The molecule has 0 fully saturated rings. The van der Waals surface area contributed by atoms with E-state index < -0.39 is 17.7 Å². The molecule has 0 aliphatic carbocycles. The molecule has 4 nitrogen and oxygen atoms in total. The molecule has 1 N–H and O–H groups in total. The van der Waals surface area contributed by atoms with E-state index in [-0.39, 0.29) is 16.9 Å². The van der Waals surface area contributed by atoms with Gasteiger partial charge in [0.25, 0.3) is 0 Å². The summed E-state index contributed by atoms with van der Waals surface area (Å²) in [7, 11) is 2.97. The van der Waals surface area contributed by atoms with Gasteiger partial charge in [0.15, 0.2) is 0 Å². The van der Waals surface area contributed by atoms with Crippen LogP contribution >= 0.6 is 0 Å². The minimum absolute atomic E-state index is 0.0673. The van der Waals surface area contributed by atoms with Gasteiger partial charge in [0, 0.05) is 25.9 Å². The number of anilines is 1. The third kappa shape index (κ3) is 3.19. The molecule has 0 saturated carbocycles. The second kappa shape index (κ2) is 5.67. The van der Waals surface area contributed by atoms with Crippen molar-refractivity contribution in [1.82, 2.24) is 4.98 Å². The smallest absolute Gasteiger partial charge is 0.419 e. The van der Waals surface area contributed by atoms with E-state index in [1.807, 2.05) is 0 Å². The molecule has 0 spiro atoms. The number of aromatic nitrogens is 1. The van der Waals surface area contributed by atoms with Gasteiger partial charge in [-0.15, -0.1) is 0 Å². The molecule has 0 radical (unpaired) electrons. The highest BCUT2D eigenvalue weighted by Crippen LogP contribution is 2.37. The molecule has 1 aromatic heterocycles. The molecular weight excluding hydrogens is 297 g/mol. The number of pyridine rings is 1. The lowest BCUT2D eigenvalue weighted by atomic mass is 10.0. The maximum Gasteiger partial charge on any atom is 0.419 e. The highest BCUT2D eigenvalue weighted by Gasteiger charge is 2.35. The molecule has 0 saturated heterocycles. The molecule has 2 aromatic rings. The zero-order chi connectivity index (χ0) is 16.5. The number of carboxylic acids is 1. The summed E-state index contributed by atoms with van der Waals surface area (Å²) in [6, 6.07) is 6.60. The highest BCUT2D eigenvalue weighted by molar-refractivity contribution is 5.88. The SMILES string of the molecule is CN(C)c1ncc(-c2ccc(C(=O)O)cc2)cc1C(F)(F)F. The minimum Gasteiger partial charge on any atom is -0.478 e. The van der Waals surface area contributed by atoms with Gasteiger partial charge < -0.3 is 10.0 Å². The zero-order valence-corrected chi connectivity index (χ0v) is 11.8. The first-order valence-corrected chi connectivity index (χ1v) is 6.28. The van der Waals surface area contributed by atoms with E-state index in [9.17, 15) is 18.0 Å². The Hall–Kier alpha value is -2.57. The first-order chi connectivity index (χ1) is 10.2. The van der Waals surface area contributed by atoms with Crippen LogP contribution in [0.25, 0.3) is 11.1 Å². The van der Waals surface area contributed by atoms with Crippen LogP contribution in [-0.2, 0) is 6.18 Å². The summed E-state index contributed by atoms with van der Waals surface area (Å²) < 4.78 is 39.4. The second-order valence-corrected chi connectivity index (χ2v) is 4.87. The molecular formula is C15H13F3N2O2. The van der Waals surface area contributed by atoms with Gasteiger partial charge in [-0.1, -0.05) is 12.1 Å². The topological polar surface area (TPSA) is 53.4 Å². The molecule has 1 aromatic carbocycles. The standard InChI is InChI=1S/C15H13F3N2O2/c1-20(2)13-12(15(16,17)18)7-11(8-19-13)9-3-5-10(6-4-9)14(21)22/h3-8H,1-2H3,(H,21,22). The third-order valence-corrected chi connectivity index (χ3v) is 3.06. The van der Waals surface area contributed by atoms with Crippen molar-refractivity contribution in [3.8, 4) is 11.1 Å². The molecule has 0 amide bonds. The van der Waals surface area contributed by atoms with Crippen molar-refractivity contribution in [2.45, 2.75) is 6.18 Å². The fourth-order valence-corrected chi connectivity index (χ4v) is 1.99. The van der Waals surface area contributed by atoms with Crippen molar-refractivity contribution in [3.63, 3.8) is 0 Å². The number of benzene rings is 1. The van der Waals surface area contributed by atoms with Crippen molar-refractivity contribution in [1.29, 1.82) is 0 Å². The fraction of sp³-hybridized carbons (Fsp3) is 0.200. The lowest BCUT2D eigenvalue weighted by molar-refractivity contribution is -0.137. The van der Waals surface area contributed by atoms with Crippen LogP contribution in [0, 0.1) is 0 Å². The van der Waals surface area contributed by atoms with Gasteiger partial charge >= 0.3 is 12.1 Å². The van der Waals surface area contributed by atoms with Crippen LogP contribution in [0.2, 0.25) is 0 Å². The van der Waals surface area contributed by atoms with Crippen molar-refractivity contribution >= 4 is 11.8 Å². The Labute approximate surface area is 124 Å². The quantitative estimate of drug-likeness (QED) is 0.942. The summed E-state index contributed by atoms with van der Waals surface area (Å²) in [6.07, 6.45) is -3.19. The summed E-state index contributed by atoms with van der Waals surface area (Å²) in [4.78, 5) is 15.9. The van der Waals surface area contributed by atoms with E-state index in [1.54, 1.807) is 0 Å². The van der Waals surface area contributed by atoms with E-state index in [2.05, 4.69) is 4.98 Å². The van der Waals surface area contributed by atoms with Crippen molar-refractivity contribution < 1.29 is 23.1 Å². The van der Waals surface area contributed by atoms with Gasteiger partial charge in [0.1, 0.15) is 5.82 Å². The Morgan fingerprint density at radius 2 is 1.73 bits per heavy atom. The number of carbonyl (C=O) groups is 1. The molecule has 0 unspecified atom stereocenters. The van der Waals surface area contributed by atoms with Crippen LogP contribution in [0.4, 0.5) is 19.0 Å². The predicted molar refractivity (Wildman–Crippen MR) is 76.0 cm³/mol. The summed E-state index contributed by atoms with van der Waals surface area (Å²) in [5.41, 5.74) is -0.0295. The van der Waals surface area contributed by atoms with Crippen LogP contribution in [0.5, 0.6) is 0 Å².